The van der Waals surface area contributed by atoms with Gasteiger partial charge in [-0.1, -0.05) is 19.1 Å². The molecule has 3 atom stereocenters. The van der Waals surface area contributed by atoms with Crippen molar-refractivity contribution in [2.75, 3.05) is 5.32 Å². The first-order valence-corrected chi connectivity index (χ1v) is 18.2. The number of benzene rings is 1. The number of hydrogen-bond donors (Lipinski definition) is 1. The standard InChI is InChI=1S/C38H45BrN8O3/c1-22(48)33-27-15-24(26-18-40-23(2)41-19-26)9-11-28(27)45(44-33)21-32(49)47-29(16-38(7)17-30(38)47)35(50)43-34-25(10-12-31(39)42-34)20-46-36(3,4)13-8-14-37(46,5)6/h9-12,15,18-19,29-30H,8,13-14,16-17,20-21H2,1-7H3,(H,42,43,50)/t29-,30?,38-/m0/s1. The number of amides is 2. The van der Waals surface area contributed by atoms with Gasteiger partial charge in [-0.05, 0) is 112 Å². The Morgan fingerprint density at radius 3 is 2.34 bits per heavy atom. The number of piperidine rings is 2. The van der Waals surface area contributed by atoms with Crippen LogP contribution in [0.25, 0.3) is 22.0 Å². The largest absolute Gasteiger partial charge is 0.325 e. The summed E-state index contributed by atoms with van der Waals surface area (Å²) in [6, 6.07) is 8.95. The monoisotopic (exact) mass is 740 g/mol. The van der Waals surface area contributed by atoms with Crippen molar-refractivity contribution in [2.24, 2.45) is 5.41 Å². The molecule has 0 bridgehead atoms. The molecule has 12 heteroatoms. The summed E-state index contributed by atoms with van der Waals surface area (Å²) in [6.07, 6.45) is 8.30. The number of Topliss-reactive ketones (excluding diaryl/α,β-unsaturated/α-hetero) is 1. The third kappa shape index (κ3) is 6.25. The second-order valence-electron chi connectivity index (χ2n) is 15.9. The number of carbonyl (C=O) groups is 3. The van der Waals surface area contributed by atoms with E-state index in [-0.39, 0.29) is 46.7 Å². The normalized spacial score (nSPS) is 23.9. The number of halogens is 1. The molecule has 4 aromatic rings. The Kier molecular flexibility index (Phi) is 8.49. The van der Waals surface area contributed by atoms with Gasteiger partial charge < -0.3 is 10.2 Å². The first-order chi connectivity index (χ1) is 23.6. The van der Waals surface area contributed by atoms with E-state index in [4.69, 9.17) is 4.98 Å². The van der Waals surface area contributed by atoms with Crippen molar-refractivity contribution in [3.63, 3.8) is 0 Å². The lowest BCUT2D eigenvalue weighted by atomic mass is 9.79. The lowest BCUT2D eigenvalue weighted by molar-refractivity contribution is -0.138. The summed E-state index contributed by atoms with van der Waals surface area (Å²) in [5.41, 5.74) is 3.45. The Bertz CT molecular complexity index is 2010. The van der Waals surface area contributed by atoms with Gasteiger partial charge in [0.1, 0.15) is 34.5 Å². The van der Waals surface area contributed by atoms with Crippen LogP contribution in [-0.4, -0.2) is 75.3 Å². The van der Waals surface area contributed by atoms with Crippen LogP contribution in [0, 0.1) is 12.3 Å². The highest BCUT2D eigenvalue weighted by atomic mass is 79.9. The first kappa shape index (κ1) is 34.4. The summed E-state index contributed by atoms with van der Waals surface area (Å²) in [4.78, 5) is 58.6. The molecule has 2 aliphatic heterocycles. The number of ketones is 1. The number of rotatable bonds is 8. The van der Waals surface area contributed by atoms with Gasteiger partial charge in [-0.3, -0.25) is 24.0 Å². The van der Waals surface area contributed by atoms with E-state index in [2.05, 4.69) is 75.8 Å². The molecule has 1 N–H and O–H groups in total. The molecule has 5 heterocycles. The minimum absolute atomic E-state index is 0.00375. The van der Waals surface area contributed by atoms with Gasteiger partial charge in [0.25, 0.3) is 0 Å². The molecule has 0 radical (unpaired) electrons. The van der Waals surface area contributed by atoms with Gasteiger partial charge in [0, 0.05) is 59.5 Å². The van der Waals surface area contributed by atoms with Gasteiger partial charge in [0.2, 0.25) is 11.8 Å². The molecule has 3 aliphatic rings. The zero-order valence-corrected chi connectivity index (χ0v) is 31.5. The second-order valence-corrected chi connectivity index (χ2v) is 16.7. The number of aromatic nitrogens is 5. The average molecular weight is 742 g/mol. The second kappa shape index (κ2) is 12.3. The summed E-state index contributed by atoms with van der Waals surface area (Å²) in [5.74, 6) is 0.547. The minimum atomic E-state index is -0.648. The fraction of sp³-hybridized carbons (Fsp3) is 0.500. The first-order valence-electron chi connectivity index (χ1n) is 17.4. The number of aryl methyl sites for hydroxylation is 1. The van der Waals surface area contributed by atoms with E-state index in [9.17, 15) is 14.4 Å². The SMILES string of the molecule is CC(=O)c1nn(CC(=O)N2C3C[C@]3(C)C[C@H]2C(=O)Nc2nc(Br)ccc2CN2C(C)(C)CCCC2(C)C)c2ccc(-c3cnc(C)nc3)cc12. The van der Waals surface area contributed by atoms with Crippen molar-refractivity contribution in [3.05, 3.63) is 64.4 Å². The van der Waals surface area contributed by atoms with Crippen LogP contribution in [0.4, 0.5) is 5.82 Å². The number of likely N-dealkylation sites (tertiary alicyclic amines) is 2. The molecule has 262 valence electrons. The van der Waals surface area contributed by atoms with Gasteiger partial charge in [-0.25, -0.2) is 15.0 Å². The van der Waals surface area contributed by atoms with E-state index >= 15 is 0 Å². The summed E-state index contributed by atoms with van der Waals surface area (Å²) < 4.78 is 2.22. The van der Waals surface area contributed by atoms with E-state index in [1.165, 1.54) is 13.3 Å². The molecule has 1 unspecified atom stereocenters. The van der Waals surface area contributed by atoms with E-state index in [1.54, 1.807) is 22.0 Å². The minimum Gasteiger partial charge on any atom is -0.325 e. The maximum Gasteiger partial charge on any atom is 0.248 e. The summed E-state index contributed by atoms with van der Waals surface area (Å²) in [7, 11) is 0. The highest BCUT2D eigenvalue weighted by Gasteiger charge is 2.64. The molecule has 1 saturated carbocycles. The Morgan fingerprint density at radius 1 is 0.960 bits per heavy atom. The van der Waals surface area contributed by atoms with Gasteiger partial charge in [0.15, 0.2) is 5.78 Å². The third-order valence-corrected chi connectivity index (χ3v) is 11.7. The number of nitrogens with zero attached hydrogens (tertiary/aromatic N) is 7. The molecule has 2 amide bonds. The predicted molar refractivity (Wildman–Crippen MR) is 195 cm³/mol. The fourth-order valence-electron chi connectivity index (χ4n) is 8.39. The van der Waals surface area contributed by atoms with Crippen LogP contribution < -0.4 is 5.32 Å². The van der Waals surface area contributed by atoms with Gasteiger partial charge in [-0.15, -0.1) is 0 Å². The molecule has 3 aromatic heterocycles. The molecule has 1 aromatic carbocycles. The summed E-state index contributed by atoms with van der Waals surface area (Å²) in [6.45, 7) is 15.1. The number of fused-ring (bicyclic) bond motifs is 2. The molecule has 50 heavy (non-hydrogen) atoms. The molecule has 7 rings (SSSR count). The van der Waals surface area contributed by atoms with Crippen molar-refractivity contribution < 1.29 is 14.4 Å². The van der Waals surface area contributed by atoms with Gasteiger partial charge >= 0.3 is 0 Å². The Labute approximate surface area is 301 Å². The summed E-state index contributed by atoms with van der Waals surface area (Å²) >= 11 is 3.51. The highest BCUT2D eigenvalue weighted by molar-refractivity contribution is 9.10. The van der Waals surface area contributed by atoms with Crippen LogP contribution in [0.1, 0.15) is 95.5 Å². The zero-order chi connectivity index (χ0) is 35.7. The van der Waals surface area contributed by atoms with Crippen LogP contribution in [0.3, 0.4) is 0 Å². The molecule has 1 aliphatic carbocycles. The lowest BCUT2D eigenvalue weighted by Gasteiger charge is -2.53. The molecule has 2 saturated heterocycles. The fourth-order valence-corrected chi connectivity index (χ4v) is 8.70. The molecular weight excluding hydrogens is 696 g/mol. The van der Waals surface area contributed by atoms with Crippen molar-refractivity contribution in [1.82, 2.24) is 34.5 Å². The van der Waals surface area contributed by atoms with E-state index < -0.39 is 6.04 Å². The Hall–Kier alpha value is -4.03. The van der Waals surface area contributed by atoms with Gasteiger partial charge in [0.05, 0.1) is 5.52 Å². The number of nitrogens with one attached hydrogen (secondary N) is 1. The molecule has 3 fully saturated rings. The van der Waals surface area contributed by atoms with Crippen LogP contribution in [0.5, 0.6) is 0 Å². The maximum atomic E-state index is 14.2. The Morgan fingerprint density at radius 2 is 1.66 bits per heavy atom. The average Bonchev–Trinajstić information content (AvgIpc) is 3.41. The predicted octanol–water partition coefficient (Wildman–Crippen LogP) is 6.72. The summed E-state index contributed by atoms with van der Waals surface area (Å²) in [5, 5.41) is 8.41. The Balaban J connectivity index is 1.14. The zero-order valence-electron chi connectivity index (χ0n) is 29.9. The van der Waals surface area contributed by atoms with Crippen LogP contribution in [-0.2, 0) is 22.7 Å². The molecule has 0 spiro atoms. The van der Waals surface area contributed by atoms with Crippen LogP contribution in [0.15, 0.2) is 47.3 Å². The van der Waals surface area contributed by atoms with Crippen molar-refractivity contribution in [3.8, 4) is 11.1 Å². The van der Waals surface area contributed by atoms with Gasteiger partial charge in [-0.2, -0.15) is 5.10 Å². The van der Waals surface area contributed by atoms with Crippen LogP contribution >= 0.6 is 15.9 Å². The lowest BCUT2D eigenvalue weighted by Crippen LogP contribution is -2.57. The van der Waals surface area contributed by atoms with E-state index in [1.807, 2.05) is 37.3 Å². The van der Waals surface area contributed by atoms with E-state index in [0.717, 1.165) is 36.0 Å². The number of pyridine rings is 1. The highest BCUT2D eigenvalue weighted by Crippen LogP contribution is 2.59. The van der Waals surface area contributed by atoms with E-state index in [0.29, 0.717) is 45.8 Å². The quantitative estimate of drug-likeness (QED) is 0.156. The van der Waals surface area contributed by atoms with Crippen molar-refractivity contribution >= 4 is 50.2 Å². The number of carbonyl (C=O) groups excluding carboxylic acids is 3. The van der Waals surface area contributed by atoms with Crippen LogP contribution in [0.2, 0.25) is 0 Å². The maximum absolute atomic E-state index is 14.2. The third-order valence-electron chi connectivity index (χ3n) is 11.3. The number of anilines is 1. The molecule has 11 nitrogen and oxygen atoms in total. The van der Waals surface area contributed by atoms with Crippen molar-refractivity contribution in [1.29, 1.82) is 0 Å². The smallest absolute Gasteiger partial charge is 0.248 e. The van der Waals surface area contributed by atoms with Crippen molar-refractivity contribution in [2.45, 2.75) is 117 Å². The molecular formula is C38H45BrN8O3. The number of hydrogen-bond acceptors (Lipinski definition) is 8. The topological polar surface area (TPSA) is 126 Å².